The summed E-state index contributed by atoms with van der Waals surface area (Å²) in [6.07, 6.45) is 4.22. The molecular formula is C16H24N6S. The van der Waals surface area contributed by atoms with Crippen LogP contribution in [-0.4, -0.2) is 60.1 Å². The Morgan fingerprint density at radius 3 is 2.91 bits per heavy atom. The number of nitrogens with zero attached hydrogens (tertiary/aromatic N) is 6. The molecule has 1 aliphatic heterocycles. The molecule has 1 aliphatic rings. The fourth-order valence-corrected chi connectivity index (χ4v) is 3.51. The fraction of sp³-hybridized carbons (Fsp3) is 0.562. The highest BCUT2D eigenvalue weighted by Crippen LogP contribution is 2.21. The first-order chi connectivity index (χ1) is 11.1. The molecule has 0 N–H and O–H groups in total. The number of thiazole rings is 1. The Labute approximate surface area is 141 Å². The zero-order chi connectivity index (χ0) is 16.2. The number of piperidine rings is 1. The average Bonchev–Trinajstić information content (AvgIpc) is 3.07. The van der Waals surface area contributed by atoms with Crippen LogP contribution >= 0.6 is 11.3 Å². The van der Waals surface area contributed by atoms with Gasteiger partial charge in [0.05, 0.1) is 11.2 Å². The zero-order valence-corrected chi connectivity index (χ0v) is 14.8. The van der Waals surface area contributed by atoms with Gasteiger partial charge in [0.2, 0.25) is 5.95 Å². The summed E-state index contributed by atoms with van der Waals surface area (Å²) in [6, 6.07) is 2.38. The van der Waals surface area contributed by atoms with Crippen molar-refractivity contribution in [2.24, 2.45) is 0 Å². The lowest BCUT2D eigenvalue weighted by atomic mass is 10.0. The second kappa shape index (κ2) is 7.23. The fourth-order valence-electron chi connectivity index (χ4n) is 2.96. The highest BCUT2D eigenvalue weighted by atomic mass is 32.1. The molecule has 23 heavy (non-hydrogen) atoms. The van der Waals surface area contributed by atoms with Gasteiger partial charge in [-0.1, -0.05) is 0 Å². The van der Waals surface area contributed by atoms with Gasteiger partial charge < -0.3 is 9.80 Å². The van der Waals surface area contributed by atoms with Crippen LogP contribution in [0, 0.1) is 0 Å². The van der Waals surface area contributed by atoms with Crippen LogP contribution in [0.3, 0.4) is 0 Å². The van der Waals surface area contributed by atoms with Crippen LogP contribution in [-0.2, 0) is 6.54 Å². The quantitative estimate of drug-likeness (QED) is 0.836. The van der Waals surface area contributed by atoms with Crippen LogP contribution in [0.2, 0.25) is 0 Å². The van der Waals surface area contributed by atoms with Crippen LogP contribution in [0.5, 0.6) is 0 Å². The van der Waals surface area contributed by atoms with Crippen molar-refractivity contribution < 1.29 is 0 Å². The summed E-state index contributed by atoms with van der Waals surface area (Å²) in [5.41, 5.74) is 3.08. The molecule has 1 fully saturated rings. The third kappa shape index (κ3) is 3.97. The molecule has 3 rings (SSSR count). The molecule has 1 atom stereocenters. The van der Waals surface area contributed by atoms with Crippen LogP contribution < -0.4 is 9.80 Å². The average molecular weight is 332 g/mol. The smallest absolute Gasteiger partial charge is 0.227 e. The standard InChI is InChI=1S/C16H24N6S/c1-20(2)15-6-7-17-16(19-15)21(3)14-5-4-8-22(10-14)9-13-11-23-12-18-13/h6-7,11-12,14H,4-5,8-10H2,1-3H3. The number of likely N-dealkylation sites (tertiary alicyclic amines) is 1. The maximum atomic E-state index is 4.66. The molecule has 0 amide bonds. The normalized spacial score (nSPS) is 18.8. The topological polar surface area (TPSA) is 48.4 Å². The van der Waals surface area contributed by atoms with Gasteiger partial charge in [0, 0.05) is 51.9 Å². The van der Waals surface area contributed by atoms with Crippen LogP contribution in [0.1, 0.15) is 18.5 Å². The van der Waals surface area contributed by atoms with E-state index in [0.717, 1.165) is 31.4 Å². The summed E-state index contributed by atoms with van der Waals surface area (Å²) in [5, 5.41) is 2.14. The van der Waals surface area contributed by atoms with Crippen molar-refractivity contribution in [1.29, 1.82) is 0 Å². The van der Waals surface area contributed by atoms with E-state index in [-0.39, 0.29) is 0 Å². The zero-order valence-electron chi connectivity index (χ0n) is 14.0. The Balaban J connectivity index is 1.66. The van der Waals surface area contributed by atoms with Crippen molar-refractivity contribution in [2.75, 3.05) is 44.0 Å². The van der Waals surface area contributed by atoms with Gasteiger partial charge in [-0.05, 0) is 25.5 Å². The first kappa shape index (κ1) is 16.1. The number of anilines is 2. The van der Waals surface area contributed by atoms with Gasteiger partial charge in [-0.3, -0.25) is 4.90 Å². The number of aromatic nitrogens is 3. The minimum atomic E-state index is 0.444. The molecule has 0 saturated carbocycles. The molecule has 2 aromatic rings. The molecule has 2 aromatic heterocycles. The predicted octanol–water partition coefficient (Wildman–Crippen LogP) is 2.10. The van der Waals surface area contributed by atoms with E-state index >= 15 is 0 Å². The van der Waals surface area contributed by atoms with Crippen molar-refractivity contribution >= 4 is 23.1 Å². The van der Waals surface area contributed by atoms with Crippen molar-refractivity contribution in [3.63, 3.8) is 0 Å². The number of likely N-dealkylation sites (N-methyl/N-ethyl adjacent to an activating group) is 1. The summed E-state index contributed by atoms with van der Waals surface area (Å²) in [4.78, 5) is 20.2. The van der Waals surface area contributed by atoms with Crippen LogP contribution in [0.25, 0.3) is 0 Å². The second-order valence-corrected chi connectivity index (χ2v) is 6.95. The van der Waals surface area contributed by atoms with E-state index in [2.05, 4.69) is 37.2 Å². The largest absolute Gasteiger partial charge is 0.363 e. The van der Waals surface area contributed by atoms with Crippen molar-refractivity contribution in [3.8, 4) is 0 Å². The summed E-state index contributed by atoms with van der Waals surface area (Å²) < 4.78 is 0. The van der Waals surface area contributed by atoms with E-state index in [1.165, 1.54) is 18.5 Å². The van der Waals surface area contributed by atoms with E-state index in [0.29, 0.717) is 6.04 Å². The van der Waals surface area contributed by atoms with Crippen LogP contribution in [0.15, 0.2) is 23.2 Å². The SMILES string of the molecule is CN(C)c1ccnc(N(C)C2CCCN(Cc3cscn3)C2)n1. The summed E-state index contributed by atoms with van der Waals surface area (Å²) in [7, 11) is 6.11. The molecule has 7 heteroatoms. The number of hydrogen-bond acceptors (Lipinski definition) is 7. The van der Waals surface area contributed by atoms with Crippen molar-refractivity contribution in [1.82, 2.24) is 19.9 Å². The minimum Gasteiger partial charge on any atom is -0.363 e. The van der Waals surface area contributed by atoms with Gasteiger partial charge in [-0.25, -0.2) is 9.97 Å². The highest BCUT2D eigenvalue weighted by molar-refractivity contribution is 7.07. The lowest BCUT2D eigenvalue weighted by Crippen LogP contribution is -2.46. The second-order valence-electron chi connectivity index (χ2n) is 6.23. The third-order valence-corrected chi connectivity index (χ3v) is 4.93. The van der Waals surface area contributed by atoms with E-state index in [9.17, 15) is 0 Å². The third-order valence-electron chi connectivity index (χ3n) is 4.30. The molecule has 124 valence electrons. The van der Waals surface area contributed by atoms with Crippen molar-refractivity contribution in [2.45, 2.75) is 25.4 Å². The maximum absolute atomic E-state index is 4.66. The van der Waals surface area contributed by atoms with Gasteiger partial charge in [-0.15, -0.1) is 11.3 Å². The molecule has 3 heterocycles. The summed E-state index contributed by atoms with van der Waals surface area (Å²) >= 11 is 1.66. The first-order valence-corrected chi connectivity index (χ1v) is 8.90. The molecule has 6 nitrogen and oxygen atoms in total. The van der Waals surface area contributed by atoms with Gasteiger partial charge in [-0.2, -0.15) is 4.98 Å². The predicted molar refractivity (Wildman–Crippen MR) is 95.2 cm³/mol. The Kier molecular flexibility index (Phi) is 5.07. The Bertz CT molecular complexity index is 615. The molecule has 0 aliphatic carbocycles. The number of rotatable bonds is 5. The Morgan fingerprint density at radius 2 is 2.17 bits per heavy atom. The molecule has 0 aromatic carbocycles. The molecule has 0 radical (unpaired) electrons. The summed E-state index contributed by atoms with van der Waals surface area (Å²) in [5.74, 6) is 1.74. The molecule has 1 saturated heterocycles. The number of hydrogen-bond donors (Lipinski definition) is 0. The molecule has 1 unspecified atom stereocenters. The van der Waals surface area contributed by atoms with E-state index in [1.54, 1.807) is 11.3 Å². The van der Waals surface area contributed by atoms with Gasteiger partial charge in [0.15, 0.2) is 0 Å². The monoisotopic (exact) mass is 332 g/mol. The minimum absolute atomic E-state index is 0.444. The molecule has 0 spiro atoms. The van der Waals surface area contributed by atoms with Crippen molar-refractivity contribution in [3.05, 3.63) is 28.8 Å². The molecule has 0 bridgehead atoms. The lowest BCUT2D eigenvalue weighted by molar-refractivity contribution is 0.196. The lowest BCUT2D eigenvalue weighted by Gasteiger charge is -2.37. The van der Waals surface area contributed by atoms with Crippen LogP contribution in [0.4, 0.5) is 11.8 Å². The van der Waals surface area contributed by atoms with E-state index < -0.39 is 0 Å². The van der Waals surface area contributed by atoms with E-state index in [4.69, 9.17) is 0 Å². The molecular weight excluding hydrogens is 308 g/mol. The van der Waals surface area contributed by atoms with Gasteiger partial charge in [0.25, 0.3) is 0 Å². The van der Waals surface area contributed by atoms with E-state index in [1.807, 2.05) is 36.8 Å². The van der Waals surface area contributed by atoms with Gasteiger partial charge >= 0.3 is 0 Å². The first-order valence-electron chi connectivity index (χ1n) is 7.96. The highest BCUT2D eigenvalue weighted by Gasteiger charge is 2.25. The summed E-state index contributed by atoms with van der Waals surface area (Å²) in [6.45, 7) is 3.11. The Hall–Kier alpha value is -1.73. The Morgan fingerprint density at radius 1 is 1.30 bits per heavy atom. The maximum Gasteiger partial charge on any atom is 0.227 e. The van der Waals surface area contributed by atoms with Gasteiger partial charge in [0.1, 0.15) is 5.82 Å².